The molecule has 0 aromatic heterocycles. The van der Waals surface area contributed by atoms with Crippen LogP contribution in [0.4, 0.5) is 10.5 Å². The van der Waals surface area contributed by atoms with Crippen LogP contribution in [0.5, 0.6) is 0 Å². The van der Waals surface area contributed by atoms with Crippen LogP contribution in [0.25, 0.3) is 0 Å². The number of methoxy groups -OCH3 is 1. The van der Waals surface area contributed by atoms with Crippen molar-refractivity contribution in [3.63, 3.8) is 0 Å². The summed E-state index contributed by atoms with van der Waals surface area (Å²) in [6, 6.07) is 6.98. The third kappa shape index (κ3) is 1.97. The number of amides is 1. The molecule has 1 amide bonds. The molecule has 0 aliphatic heterocycles. The summed E-state index contributed by atoms with van der Waals surface area (Å²) in [5.74, 6) is 0. The number of para-hydroxylation sites is 1. The van der Waals surface area contributed by atoms with E-state index in [0.29, 0.717) is 10.8 Å². The van der Waals surface area contributed by atoms with E-state index in [-0.39, 0.29) is 0 Å². The number of nitrogens with zero attached hydrogens (tertiary/aromatic N) is 1. The van der Waals surface area contributed by atoms with Crippen LogP contribution in [-0.2, 0) is 4.74 Å². The van der Waals surface area contributed by atoms with Gasteiger partial charge in [0.1, 0.15) is 0 Å². The first kappa shape index (κ1) is 9.54. The van der Waals surface area contributed by atoms with Gasteiger partial charge in [0, 0.05) is 0 Å². The highest BCUT2D eigenvalue weighted by Gasteiger charge is 2.14. The van der Waals surface area contributed by atoms with Gasteiger partial charge in [-0.25, -0.2) is 4.79 Å². The molecule has 70 valence electrons. The zero-order valence-electron chi connectivity index (χ0n) is 7.52. The fourth-order valence-corrected chi connectivity index (χ4v) is 0.986. The Bertz CT molecular complexity index is 311. The van der Waals surface area contributed by atoms with Crippen LogP contribution in [-0.4, -0.2) is 18.4 Å². The highest BCUT2D eigenvalue weighted by atomic mass is 16.6. The number of anilines is 1. The summed E-state index contributed by atoms with van der Waals surface area (Å²) in [4.78, 5) is 10.9. The average molecular weight is 181 g/mol. The Kier molecular flexibility index (Phi) is 2.87. The molecule has 1 aromatic carbocycles. The monoisotopic (exact) mass is 181 g/mol. The summed E-state index contributed by atoms with van der Waals surface area (Å²) in [6.07, 6.45) is -0.797. The minimum Gasteiger partial charge on any atom is -0.451 e. The van der Waals surface area contributed by atoms with Crippen molar-refractivity contribution in [1.82, 2.24) is 0 Å². The summed E-state index contributed by atoms with van der Waals surface area (Å²) < 4.78 is 4.36. The van der Waals surface area contributed by atoms with Crippen molar-refractivity contribution < 1.29 is 14.7 Å². The van der Waals surface area contributed by atoms with Gasteiger partial charge in [0.2, 0.25) is 0 Å². The van der Waals surface area contributed by atoms with Gasteiger partial charge in [0.05, 0.1) is 12.8 Å². The van der Waals surface area contributed by atoms with Gasteiger partial charge < -0.3 is 4.74 Å². The van der Waals surface area contributed by atoms with E-state index in [2.05, 4.69) is 4.74 Å². The second-order valence-corrected chi connectivity index (χ2v) is 2.57. The van der Waals surface area contributed by atoms with Crippen molar-refractivity contribution >= 4 is 11.8 Å². The predicted molar refractivity (Wildman–Crippen MR) is 47.8 cm³/mol. The molecule has 0 saturated carbocycles. The molecular weight excluding hydrogens is 170 g/mol. The van der Waals surface area contributed by atoms with Crippen molar-refractivity contribution in [1.29, 1.82) is 0 Å². The lowest BCUT2D eigenvalue weighted by atomic mass is 10.2. The Balaban J connectivity index is 2.95. The van der Waals surface area contributed by atoms with Gasteiger partial charge in [-0.1, -0.05) is 18.2 Å². The largest absolute Gasteiger partial charge is 0.451 e. The normalized spacial score (nSPS) is 9.46. The van der Waals surface area contributed by atoms with E-state index in [4.69, 9.17) is 0 Å². The number of hydroxylamine groups is 1. The topological polar surface area (TPSA) is 49.8 Å². The third-order valence-electron chi connectivity index (χ3n) is 1.69. The SMILES string of the molecule is COC(=O)N(O)c1ccccc1C. The molecule has 1 rings (SSSR count). The van der Waals surface area contributed by atoms with Crippen LogP contribution in [0, 0.1) is 6.92 Å². The maximum atomic E-state index is 10.9. The molecule has 4 nitrogen and oxygen atoms in total. The van der Waals surface area contributed by atoms with E-state index >= 15 is 0 Å². The van der Waals surface area contributed by atoms with Gasteiger partial charge in [0.15, 0.2) is 0 Å². The Morgan fingerprint density at radius 2 is 2.08 bits per heavy atom. The Hall–Kier alpha value is -1.55. The second-order valence-electron chi connectivity index (χ2n) is 2.57. The molecular formula is C9H11NO3. The lowest BCUT2D eigenvalue weighted by molar-refractivity contribution is 0.141. The lowest BCUT2D eigenvalue weighted by Crippen LogP contribution is -2.27. The van der Waals surface area contributed by atoms with Crippen molar-refractivity contribution in [3.8, 4) is 0 Å². The standard InChI is InChI=1S/C9H11NO3/c1-7-5-3-4-6-8(7)10(12)9(11)13-2/h3-6,12H,1-2H3. The number of hydrogen-bond acceptors (Lipinski definition) is 3. The minimum atomic E-state index is -0.797. The molecule has 0 unspecified atom stereocenters. The van der Waals surface area contributed by atoms with E-state index in [1.165, 1.54) is 7.11 Å². The zero-order chi connectivity index (χ0) is 9.84. The Morgan fingerprint density at radius 1 is 1.46 bits per heavy atom. The smallest absolute Gasteiger partial charge is 0.438 e. The predicted octanol–water partition coefficient (Wildman–Crippen LogP) is 1.96. The van der Waals surface area contributed by atoms with Crippen LogP contribution in [0.2, 0.25) is 0 Å². The van der Waals surface area contributed by atoms with Crippen molar-refractivity contribution in [2.24, 2.45) is 0 Å². The van der Waals surface area contributed by atoms with Gasteiger partial charge in [-0.05, 0) is 18.6 Å². The van der Waals surface area contributed by atoms with Crippen LogP contribution < -0.4 is 5.06 Å². The first-order valence-corrected chi connectivity index (χ1v) is 3.79. The quantitative estimate of drug-likeness (QED) is 0.532. The summed E-state index contributed by atoms with van der Waals surface area (Å²) in [7, 11) is 1.21. The Morgan fingerprint density at radius 3 is 2.62 bits per heavy atom. The third-order valence-corrected chi connectivity index (χ3v) is 1.69. The van der Waals surface area contributed by atoms with Crippen molar-refractivity contribution in [2.45, 2.75) is 6.92 Å². The number of ether oxygens (including phenoxy) is 1. The molecule has 1 N–H and O–H groups in total. The van der Waals surface area contributed by atoms with Crippen LogP contribution in [0.1, 0.15) is 5.56 Å². The fourth-order valence-electron chi connectivity index (χ4n) is 0.986. The van der Waals surface area contributed by atoms with Gasteiger partial charge in [0.25, 0.3) is 0 Å². The van der Waals surface area contributed by atoms with Crippen molar-refractivity contribution in [3.05, 3.63) is 29.8 Å². The highest BCUT2D eigenvalue weighted by Crippen LogP contribution is 2.17. The van der Waals surface area contributed by atoms with E-state index in [1.807, 2.05) is 6.07 Å². The fraction of sp³-hybridized carbons (Fsp3) is 0.222. The first-order valence-electron chi connectivity index (χ1n) is 3.79. The molecule has 0 radical (unpaired) electrons. The molecule has 0 atom stereocenters. The van der Waals surface area contributed by atoms with E-state index in [1.54, 1.807) is 25.1 Å². The van der Waals surface area contributed by atoms with Crippen LogP contribution >= 0.6 is 0 Å². The number of aryl methyl sites for hydroxylation is 1. The molecule has 0 fully saturated rings. The molecule has 1 aromatic rings. The zero-order valence-corrected chi connectivity index (χ0v) is 7.52. The maximum absolute atomic E-state index is 10.9. The minimum absolute atomic E-state index is 0.425. The number of benzene rings is 1. The summed E-state index contributed by atoms with van der Waals surface area (Å²) in [5, 5.41) is 9.81. The van der Waals surface area contributed by atoms with Gasteiger partial charge in [-0.15, -0.1) is 0 Å². The molecule has 13 heavy (non-hydrogen) atoms. The van der Waals surface area contributed by atoms with Crippen LogP contribution in [0.15, 0.2) is 24.3 Å². The molecule has 0 bridgehead atoms. The summed E-state index contributed by atoms with van der Waals surface area (Å²) in [5.41, 5.74) is 1.23. The molecule has 0 heterocycles. The summed E-state index contributed by atoms with van der Waals surface area (Å²) in [6.45, 7) is 1.79. The maximum Gasteiger partial charge on any atom is 0.438 e. The second kappa shape index (κ2) is 3.91. The van der Waals surface area contributed by atoms with E-state index in [0.717, 1.165) is 5.56 Å². The van der Waals surface area contributed by atoms with Crippen LogP contribution in [0.3, 0.4) is 0 Å². The lowest BCUT2D eigenvalue weighted by Gasteiger charge is -2.14. The average Bonchev–Trinajstić information content (AvgIpc) is 2.16. The van der Waals surface area contributed by atoms with Gasteiger partial charge in [-0.2, -0.15) is 5.06 Å². The number of carbonyl (C=O) groups excluding carboxylic acids is 1. The molecule has 0 saturated heterocycles. The van der Waals surface area contributed by atoms with Crippen molar-refractivity contribution in [2.75, 3.05) is 12.2 Å². The number of rotatable bonds is 1. The molecule has 0 aliphatic carbocycles. The van der Waals surface area contributed by atoms with Gasteiger partial charge in [-0.3, -0.25) is 5.21 Å². The number of hydrogen-bond donors (Lipinski definition) is 1. The molecule has 4 heteroatoms. The highest BCUT2D eigenvalue weighted by molar-refractivity contribution is 5.85. The summed E-state index contributed by atoms with van der Waals surface area (Å²) >= 11 is 0. The van der Waals surface area contributed by atoms with E-state index in [9.17, 15) is 10.0 Å². The number of carbonyl (C=O) groups is 1. The molecule has 0 spiro atoms. The molecule has 0 aliphatic rings. The first-order chi connectivity index (χ1) is 6.16. The van der Waals surface area contributed by atoms with E-state index < -0.39 is 6.09 Å². The van der Waals surface area contributed by atoms with Gasteiger partial charge >= 0.3 is 6.09 Å². The Labute approximate surface area is 76.3 Å².